The van der Waals surface area contributed by atoms with E-state index in [1.54, 1.807) is 26.0 Å². The number of aliphatic imine (C=N–C) groups is 1. The van der Waals surface area contributed by atoms with Crippen LogP contribution in [0, 0.1) is 17.2 Å². The van der Waals surface area contributed by atoms with Crippen molar-refractivity contribution in [2.75, 3.05) is 32.7 Å². The van der Waals surface area contributed by atoms with E-state index in [-0.39, 0.29) is 12.2 Å². The van der Waals surface area contributed by atoms with Gasteiger partial charge in [-0.25, -0.2) is 4.79 Å². The average molecular weight is 461 g/mol. The lowest BCUT2D eigenvalue weighted by Gasteiger charge is -2.30. The highest BCUT2D eigenvalue weighted by Crippen LogP contribution is 2.39. The maximum atomic E-state index is 13.2. The van der Waals surface area contributed by atoms with Gasteiger partial charge in [0.2, 0.25) is 0 Å². The van der Waals surface area contributed by atoms with Crippen LogP contribution in [0.1, 0.15) is 36.6 Å². The van der Waals surface area contributed by atoms with Crippen molar-refractivity contribution in [2.24, 2.45) is 10.9 Å². The summed E-state index contributed by atoms with van der Waals surface area (Å²) in [6, 6.07) is 13.2. The maximum absolute atomic E-state index is 13.2. The minimum atomic E-state index is -0.851. The largest absolute Gasteiger partial charge is 0.468 e. The normalized spacial score (nSPS) is 17.5. The van der Waals surface area contributed by atoms with Gasteiger partial charge in [-0.15, -0.1) is 0 Å². The summed E-state index contributed by atoms with van der Waals surface area (Å²) in [7, 11) is 5.23. The monoisotopic (exact) mass is 460 g/mol. The van der Waals surface area contributed by atoms with Gasteiger partial charge in [0.05, 0.1) is 42.5 Å². The summed E-state index contributed by atoms with van der Waals surface area (Å²) < 4.78 is 10.6. The summed E-state index contributed by atoms with van der Waals surface area (Å²) in [5.74, 6) is -2.72. The Hall–Kier alpha value is -3.99. The Morgan fingerprint density at radius 2 is 1.85 bits per heavy atom. The number of carbonyl (C=O) groups excluding carboxylic acids is 2. The molecule has 1 aromatic heterocycles. The Bertz CT molecular complexity index is 1180. The Labute approximate surface area is 199 Å². The van der Waals surface area contributed by atoms with Crippen LogP contribution in [0.2, 0.25) is 0 Å². The van der Waals surface area contributed by atoms with Gasteiger partial charge in [-0.3, -0.25) is 14.8 Å². The predicted molar refractivity (Wildman–Crippen MR) is 128 cm³/mol. The first-order chi connectivity index (χ1) is 16.3. The highest BCUT2D eigenvalue weighted by atomic mass is 16.5. The first kappa shape index (κ1) is 24.6. The maximum Gasteiger partial charge on any atom is 0.336 e. The van der Waals surface area contributed by atoms with Gasteiger partial charge in [-0.2, -0.15) is 5.26 Å². The summed E-state index contributed by atoms with van der Waals surface area (Å²) >= 11 is 0. The van der Waals surface area contributed by atoms with Gasteiger partial charge in [-0.1, -0.05) is 12.1 Å². The minimum absolute atomic E-state index is 0.168. The van der Waals surface area contributed by atoms with E-state index < -0.39 is 23.8 Å². The Balaban J connectivity index is 1.87. The third-order valence-electron chi connectivity index (χ3n) is 5.81. The molecule has 176 valence electrons. The van der Waals surface area contributed by atoms with Gasteiger partial charge in [0, 0.05) is 43.8 Å². The molecule has 0 bridgehead atoms. The van der Waals surface area contributed by atoms with Crippen LogP contribution >= 0.6 is 0 Å². The van der Waals surface area contributed by atoms with Crippen molar-refractivity contribution < 1.29 is 19.1 Å². The number of esters is 2. The molecule has 2 atom stereocenters. The molecule has 0 N–H and O–H groups in total. The van der Waals surface area contributed by atoms with Crippen molar-refractivity contribution in [2.45, 2.75) is 26.2 Å². The number of rotatable bonds is 7. The van der Waals surface area contributed by atoms with Crippen LogP contribution in [-0.4, -0.2) is 50.4 Å². The Kier molecular flexibility index (Phi) is 7.79. The van der Waals surface area contributed by atoms with Gasteiger partial charge in [-0.05, 0) is 43.7 Å². The minimum Gasteiger partial charge on any atom is -0.468 e. The number of nitriles is 1. The number of ether oxygens (including phenoxy) is 2. The van der Waals surface area contributed by atoms with Gasteiger partial charge in [0.1, 0.15) is 5.92 Å². The second-order valence-electron chi connectivity index (χ2n) is 8.26. The number of benzene rings is 1. The molecular formula is C26H28N4O4. The number of carbonyl (C=O) groups is 2. The van der Waals surface area contributed by atoms with Crippen LogP contribution in [0.15, 0.2) is 58.9 Å². The van der Waals surface area contributed by atoms with Gasteiger partial charge in [0.25, 0.3) is 0 Å². The Morgan fingerprint density at radius 3 is 2.47 bits per heavy atom. The molecule has 3 rings (SSSR count). The highest BCUT2D eigenvalue weighted by Gasteiger charge is 2.43. The van der Waals surface area contributed by atoms with Crippen LogP contribution in [0.25, 0.3) is 0 Å². The lowest BCUT2D eigenvalue weighted by Crippen LogP contribution is -2.36. The van der Waals surface area contributed by atoms with E-state index in [4.69, 9.17) is 9.47 Å². The second-order valence-corrected chi connectivity index (χ2v) is 8.26. The van der Waals surface area contributed by atoms with Crippen molar-refractivity contribution >= 4 is 23.3 Å². The third-order valence-corrected chi connectivity index (χ3v) is 5.81. The molecule has 2 heterocycles. The van der Waals surface area contributed by atoms with Crippen molar-refractivity contribution in [3.05, 3.63) is 70.7 Å². The second kappa shape index (κ2) is 10.8. The molecule has 2 aromatic rings. The fourth-order valence-electron chi connectivity index (χ4n) is 4.04. The summed E-state index contributed by atoms with van der Waals surface area (Å²) in [5.41, 5.74) is 4.11. The average Bonchev–Trinajstić information content (AvgIpc) is 2.83. The number of pyridine rings is 1. The fraction of sp³-hybridized carbons (Fsp3) is 0.346. The Morgan fingerprint density at radius 1 is 1.15 bits per heavy atom. The van der Waals surface area contributed by atoms with Crippen LogP contribution < -0.4 is 4.90 Å². The molecule has 0 fully saturated rings. The molecule has 0 spiro atoms. The van der Waals surface area contributed by atoms with E-state index in [0.717, 1.165) is 11.3 Å². The summed E-state index contributed by atoms with van der Waals surface area (Å²) in [5, 5.41) is 9.33. The van der Waals surface area contributed by atoms with E-state index in [1.807, 2.05) is 43.3 Å². The molecule has 0 aliphatic carbocycles. The van der Waals surface area contributed by atoms with E-state index in [0.29, 0.717) is 29.1 Å². The van der Waals surface area contributed by atoms with E-state index in [1.165, 1.54) is 13.3 Å². The van der Waals surface area contributed by atoms with E-state index in [2.05, 4.69) is 16.0 Å². The van der Waals surface area contributed by atoms with E-state index in [9.17, 15) is 14.9 Å². The summed E-state index contributed by atoms with van der Waals surface area (Å²) in [6.45, 7) is 3.58. The lowest BCUT2D eigenvalue weighted by molar-refractivity contribution is -0.144. The number of methoxy groups -OCH3 is 1. The summed E-state index contributed by atoms with van der Waals surface area (Å²) in [6.07, 6.45) is 2.03. The quantitative estimate of drug-likeness (QED) is 0.583. The predicted octanol–water partition coefficient (Wildman–Crippen LogP) is 3.43. The molecule has 0 saturated heterocycles. The molecule has 8 heteroatoms. The molecule has 2 unspecified atom stereocenters. The van der Waals surface area contributed by atoms with Crippen molar-refractivity contribution in [3.63, 3.8) is 0 Å². The van der Waals surface area contributed by atoms with E-state index >= 15 is 0 Å². The lowest BCUT2D eigenvalue weighted by atomic mass is 9.77. The van der Waals surface area contributed by atoms with Gasteiger partial charge >= 0.3 is 11.9 Å². The number of aromatic nitrogens is 1. The molecule has 34 heavy (non-hydrogen) atoms. The fourth-order valence-corrected chi connectivity index (χ4v) is 4.04. The number of hydrogen-bond acceptors (Lipinski definition) is 8. The van der Waals surface area contributed by atoms with Crippen LogP contribution in [0.3, 0.4) is 0 Å². The van der Waals surface area contributed by atoms with Crippen molar-refractivity contribution in [3.8, 4) is 6.07 Å². The van der Waals surface area contributed by atoms with Crippen molar-refractivity contribution in [1.29, 1.82) is 5.26 Å². The zero-order chi connectivity index (χ0) is 24.8. The number of anilines is 1. The molecule has 1 aliphatic rings. The molecular weight excluding hydrogens is 432 g/mol. The third kappa shape index (κ3) is 5.31. The molecule has 1 aromatic carbocycles. The highest BCUT2D eigenvalue weighted by molar-refractivity contribution is 6.06. The molecule has 1 aliphatic heterocycles. The van der Waals surface area contributed by atoms with Crippen molar-refractivity contribution in [1.82, 2.24) is 4.98 Å². The smallest absolute Gasteiger partial charge is 0.336 e. The molecule has 0 saturated carbocycles. The zero-order valence-electron chi connectivity index (χ0n) is 20.0. The van der Waals surface area contributed by atoms with Gasteiger partial charge < -0.3 is 14.4 Å². The first-order valence-corrected chi connectivity index (χ1v) is 10.9. The van der Waals surface area contributed by atoms with Gasteiger partial charge in [0.15, 0.2) is 0 Å². The number of nitrogens with zero attached hydrogens (tertiary/aromatic N) is 4. The molecule has 0 radical (unpaired) electrons. The molecule has 8 nitrogen and oxygen atoms in total. The zero-order valence-corrected chi connectivity index (χ0v) is 20.0. The van der Waals surface area contributed by atoms with Crippen LogP contribution in [0.4, 0.5) is 5.69 Å². The standard InChI is InChI=1S/C26H28N4O4/c1-16-22(25(31)33-5)24(21-14-19(15-27)10-12-28-21)23(17(2)29-16)26(32)34-13-11-18-6-8-20(9-7-18)30(3)4/h6-10,12,14,22,24H,11,13H2,1-5H3. The number of allylic oxidation sites excluding steroid dienone is 1. The SMILES string of the molecule is COC(=O)C1C(C)=NC(C)=C(C(=O)OCCc2ccc(N(C)C)cc2)C1c1cc(C#N)ccn1. The summed E-state index contributed by atoms with van der Waals surface area (Å²) in [4.78, 5) is 36.8. The first-order valence-electron chi connectivity index (χ1n) is 10.9. The van der Waals surface area contributed by atoms with Crippen LogP contribution in [-0.2, 0) is 25.5 Å². The topological polar surface area (TPSA) is 105 Å². The number of hydrogen-bond donors (Lipinski definition) is 0. The van der Waals surface area contributed by atoms with Crippen LogP contribution in [0.5, 0.6) is 0 Å². The molecule has 0 amide bonds.